The number of hydrogen-bond acceptors (Lipinski definition) is 3. The molecule has 2 fully saturated rings. The topological polar surface area (TPSA) is 54.7 Å². The average Bonchev–Trinajstić information content (AvgIpc) is 2.89. The van der Waals surface area contributed by atoms with Crippen LogP contribution in [0, 0.1) is 18.2 Å². The Morgan fingerprint density at radius 1 is 1.35 bits per heavy atom. The number of aliphatic hydroxyl groups excluding tert-OH is 1. The van der Waals surface area contributed by atoms with Crippen LogP contribution in [0.2, 0.25) is 0 Å². The average molecular weight is 360 g/mol. The number of hydrogen-bond donors (Lipinski definition) is 1. The van der Waals surface area contributed by atoms with Gasteiger partial charge in [-0.05, 0) is 43.5 Å². The minimum absolute atomic E-state index is 0.0285. The minimum atomic E-state index is -0.341. The van der Waals surface area contributed by atoms with Gasteiger partial charge in [0.2, 0.25) is 0 Å². The van der Waals surface area contributed by atoms with Gasteiger partial charge in [0.15, 0.2) is 0 Å². The standard InChI is InChI=1S/C20H25FN2O3/c1-12-14-10-13(21)4-5-15(14)22(2)18(12)19(25)23-8-6-20(7-9-23)16(24)11-17(20)26-3/h4-5,10,16-17,24H,6-9,11H2,1-3H3/t16-,17+/m0/s1. The maximum Gasteiger partial charge on any atom is 0.270 e. The smallest absolute Gasteiger partial charge is 0.270 e. The maximum atomic E-state index is 13.6. The molecular weight excluding hydrogens is 335 g/mol. The number of likely N-dealkylation sites (tertiary alicyclic amines) is 1. The second-order valence-electron chi connectivity index (χ2n) is 7.70. The fraction of sp³-hybridized carbons (Fsp3) is 0.550. The zero-order valence-corrected chi connectivity index (χ0v) is 15.5. The van der Waals surface area contributed by atoms with Crippen LogP contribution in [0.1, 0.15) is 35.3 Å². The number of aryl methyl sites for hydroxylation is 2. The predicted octanol–water partition coefficient (Wildman–Crippen LogP) is 2.63. The first-order valence-corrected chi connectivity index (χ1v) is 9.13. The molecule has 1 aliphatic heterocycles. The molecule has 1 aromatic carbocycles. The number of aromatic nitrogens is 1. The van der Waals surface area contributed by atoms with E-state index in [1.807, 2.05) is 23.4 Å². The Balaban J connectivity index is 1.59. The van der Waals surface area contributed by atoms with E-state index in [4.69, 9.17) is 4.74 Å². The summed E-state index contributed by atoms with van der Waals surface area (Å²) in [5, 5.41) is 11.0. The number of piperidine rings is 1. The number of methoxy groups -OCH3 is 1. The Morgan fingerprint density at radius 2 is 2.04 bits per heavy atom. The van der Waals surface area contributed by atoms with Crippen LogP contribution in [0.5, 0.6) is 0 Å². The van der Waals surface area contributed by atoms with Gasteiger partial charge in [0.1, 0.15) is 11.5 Å². The zero-order valence-electron chi connectivity index (χ0n) is 15.5. The van der Waals surface area contributed by atoms with Crippen molar-refractivity contribution in [3.63, 3.8) is 0 Å². The van der Waals surface area contributed by atoms with Gasteiger partial charge in [-0.2, -0.15) is 0 Å². The summed E-state index contributed by atoms with van der Waals surface area (Å²) in [7, 11) is 3.54. The molecule has 4 rings (SSSR count). The zero-order chi connectivity index (χ0) is 18.6. The number of carbonyl (C=O) groups is 1. The molecule has 1 saturated carbocycles. The predicted molar refractivity (Wildman–Crippen MR) is 96.6 cm³/mol. The largest absolute Gasteiger partial charge is 0.392 e. The molecule has 26 heavy (non-hydrogen) atoms. The molecule has 1 aliphatic carbocycles. The Labute approximate surface area is 152 Å². The summed E-state index contributed by atoms with van der Waals surface area (Å²) < 4.78 is 21.0. The van der Waals surface area contributed by atoms with Gasteiger partial charge in [-0.15, -0.1) is 0 Å². The number of carbonyl (C=O) groups excluding carboxylic acids is 1. The SMILES string of the molecule is CO[C@@H]1C[C@H](O)C12CCN(C(=O)c1c(C)c3cc(F)ccc3n1C)CC2. The summed E-state index contributed by atoms with van der Waals surface area (Å²) in [5.74, 6) is -0.325. The number of aliphatic hydroxyl groups is 1. The first-order chi connectivity index (χ1) is 12.4. The number of amides is 1. The van der Waals surface area contributed by atoms with Crippen molar-refractivity contribution in [1.29, 1.82) is 0 Å². The molecule has 2 aliphatic rings. The number of nitrogens with zero attached hydrogens (tertiary/aromatic N) is 2. The van der Waals surface area contributed by atoms with Gasteiger partial charge in [0.25, 0.3) is 5.91 Å². The van der Waals surface area contributed by atoms with Crippen LogP contribution in [0.25, 0.3) is 10.9 Å². The Bertz CT molecular complexity index is 868. The van der Waals surface area contributed by atoms with Crippen molar-refractivity contribution in [3.8, 4) is 0 Å². The summed E-state index contributed by atoms with van der Waals surface area (Å²) in [6.07, 6.45) is 1.91. The second-order valence-corrected chi connectivity index (χ2v) is 7.70. The minimum Gasteiger partial charge on any atom is -0.392 e. The Kier molecular flexibility index (Phi) is 4.08. The molecule has 1 N–H and O–H groups in total. The van der Waals surface area contributed by atoms with E-state index in [9.17, 15) is 14.3 Å². The van der Waals surface area contributed by atoms with Crippen molar-refractivity contribution >= 4 is 16.8 Å². The number of benzene rings is 1. The van der Waals surface area contributed by atoms with E-state index in [-0.39, 0.29) is 29.3 Å². The first kappa shape index (κ1) is 17.5. The van der Waals surface area contributed by atoms with Gasteiger partial charge in [-0.25, -0.2) is 4.39 Å². The van der Waals surface area contributed by atoms with Crippen molar-refractivity contribution in [2.45, 2.75) is 38.4 Å². The molecule has 5 nitrogen and oxygen atoms in total. The molecular formula is C20H25FN2O3. The third-order valence-electron chi connectivity index (χ3n) is 6.63. The van der Waals surface area contributed by atoms with E-state index < -0.39 is 0 Å². The molecule has 2 heterocycles. The van der Waals surface area contributed by atoms with E-state index in [0.29, 0.717) is 25.2 Å². The van der Waals surface area contributed by atoms with Gasteiger partial charge < -0.3 is 19.3 Å². The van der Waals surface area contributed by atoms with Crippen molar-refractivity contribution in [2.75, 3.05) is 20.2 Å². The van der Waals surface area contributed by atoms with Gasteiger partial charge in [0.05, 0.1) is 12.2 Å². The highest BCUT2D eigenvalue weighted by atomic mass is 19.1. The van der Waals surface area contributed by atoms with Gasteiger partial charge in [-0.1, -0.05) is 0 Å². The Hall–Kier alpha value is -1.92. The maximum absolute atomic E-state index is 13.6. The third kappa shape index (κ3) is 2.32. The van der Waals surface area contributed by atoms with E-state index >= 15 is 0 Å². The third-order valence-corrected chi connectivity index (χ3v) is 6.63. The lowest BCUT2D eigenvalue weighted by Crippen LogP contribution is -2.62. The van der Waals surface area contributed by atoms with Crippen molar-refractivity contribution < 1.29 is 19.0 Å². The monoisotopic (exact) mass is 360 g/mol. The van der Waals surface area contributed by atoms with E-state index in [1.165, 1.54) is 12.1 Å². The Morgan fingerprint density at radius 3 is 2.65 bits per heavy atom. The molecule has 1 aromatic heterocycles. The molecule has 0 unspecified atom stereocenters. The summed E-state index contributed by atoms with van der Waals surface area (Å²) >= 11 is 0. The highest BCUT2D eigenvalue weighted by Gasteiger charge is 2.56. The lowest BCUT2D eigenvalue weighted by Gasteiger charge is -2.56. The molecule has 2 aromatic rings. The number of fused-ring (bicyclic) bond motifs is 1. The van der Waals surface area contributed by atoms with Crippen LogP contribution in [0.15, 0.2) is 18.2 Å². The molecule has 140 valence electrons. The summed E-state index contributed by atoms with van der Waals surface area (Å²) in [6, 6.07) is 4.62. The van der Waals surface area contributed by atoms with Crippen molar-refractivity contribution in [1.82, 2.24) is 9.47 Å². The van der Waals surface area contributed by atoms with E-state index in [0.717, 1.165) is 29.3 Å². The quantitative estimate of drug-likeness (QED) is 0.896. The molecule has 1 amide bonds. The molecule has 1 spiro atoms. The molecule has 0 bridgehead atoms. The second kappa shape index (κ2) is 6.06. The van der Waals surface area contributed by atoms with Crippen LogP contribution >= 0.6 is 0 Å². The number of halogens is 1. The summed E-state index contributed by atoms with van der Waals surface area (Å²) in [6.45, 7) is 3.08. The van der Waals surface area contributed by atoms with Gasteiger partial charge in [0, 0.05) is 50.0 Å². The van der Waals surface area contributed by atoms with Crippen LogP contribution in [-0.4, -0.2) is 52.9 Å². The first-order valence-electron chi connectivity index (χ1n) is 9.13. The lowest BCUT2D eigenvalue weighted by atomic mass is 9.58. The van der Waals surface area contributed by atoms with Crippen LogP contribution < -0.4 is 0 Å². The summed E-state index contributed by atoms with van der Waals surface area (Å²) in [5.41, 5.74) is 2.07. The van der Waals surface area contributed by atoms with Crippen LogP contribution in [0.3, 0.4) is 0 Å². The highest BCUT2D eigenvalue weighted by molar-refractivity contribution is 6.01. The summed E-state index contributed by atoms with van der Waals surface area (Å²) in [4.78, 5) is 15.0. The fourth-order valence-electron chi connectivity index (χ4n) is 4.89. The molecule has 0 radical (unpaired) electrons. The van der Waals surface area contributed by atoms with E-state index in [1.54, 1.807) is 13.2 Å². The van der Waals surface area contributed by atoms with Gasteiger partial charge >= 0.3 is 0 Å². The van der Waals surface area contributed by atoms with Crippen molar-refractivity contribution in [2.24, 2.45) is 12.5 Å². The lowest BCUT2D eigenvalue weighted by molar-refractivity contribution is -0.199. The number of ether oxygens (including phenoxy) is 1. The highest BCUT2D eigenvalue weighted by Crippen LogP contribution is 2.50. The van der Waals surface area contributed by atoms with Crippen LogP contribution in [0.4, 0.5) is 4.39 Å². The molecule has 1 saturated heterocycles. The molecule has 6 heteroatoms. The normalized spacial score (nSPS) is 24.9. The van der Waals surface area contributed by atoms with Crippen LogP contribution in [-0.2, 0) is 11.8 Å². The van der Waals surface area contributed by atoms with Crippen molar-refractivity contribution in [3.05, 3.63) is 35.3 Å². The number of rotatable bonds is 2. The molecule has 2 atom stereocenters. The van der Waals surface area contributed by atoms with Gasteiger partial charge in [-0.3, -0.25) is 4.79 Å². The van der Waals surface area contributed by atoms with E-state index in [2.05, 4.69) is 0 Å². The fourth-order valence-corrected chi connectivity index (χ4v) is 4.89.